The van der Waals surface area contributed by atoms with Crippen LogP contribution in [0.4, 0.5) is 0 Å². The highest BCUT2D eigenvalue weighted by molar-refractivity contribution is 7.18. The number of rotatable bonds is 6. The molecule has 1 aliphatic carbocycles. The van der Waals surface area contributed by atoms with Crippen molar-refractivity contribution in [3.8, 4) is 11.5 Å². The molecule has 0 unspecified atom stereocenters. The summed E-state index contributed by atoms with van der Waals surface area (Å²) in [5, 5.41) is 3.54. The molecule has 0 saturated carbocycles. The van der Waals surface area contributed by atoms with Gasteiger partial charge in [-0.3, -0.25) is 14.2 Å². The molecular weight excluding hydrogens is 390 g/mol. The Labute approximate surface area is 172 Å². The summed E-state index contributed by atoms with van der Waals surface area (Å²) < 4.78 is 11.9. The first-order chi connectivity index (χ1) is 14.1. The third-order valence-corrected chi connectivity index (χ3v) is 6.39. The van der Waals surface area contributed by atoms with Crippen molar-refractivity contribution in [1.29, 1.82) is 0 Å². The quantitative estimate of drug-likeness (QED) is 0.672. The number of carbonyl (C=O) groups is 1. The van der Waals surface area contributed by atoms with Gasteiger partial charge in [-0.1, -0.05) is 6.07 Å². The maximum atomic E-state index is 12.9. The van der Waals surface area contributed by atoms with Crippen molar-refractivity contribution >= 4 is 27.5 Å². The number of nitrogens with one attached hydrogen (secondary N) is 1. The summed E-state index contributed by atoms with van der Waals surface area (Å²) >= 11 is 1.61. The van der Waals surface area contributed by atoms with E-state index in [4.69, 9.17) is 9.47 Å². The summed E-state index contributed by atoms with van der Waals surface area (Å²) in [5.41, 5.74) is 1.88. The SMILES string of the molecule is COc1ccc(CNC(=O)Cn2cnc3sc4c(c3c2=O)CCCC4)cc1OC. The van der Waals surface area contributed by atoms with Crippen LogP contribution in [0.1, 0.15) is 28.8 Å². The number of hydrogen-bond donors (Lipinski definition) is 1. The fourth-order valence-electron chi connectivity index (χ4n) is 3.70. The summed E-state index contributed by atoms with van der Waals surface area (Å²) in [6.45, 7) is 0.275. The highest BCUT2D eigenvalue weighted by Crippen LogP contribution is 2.33. The van der Waals surface area contributed by atoms with Crippen LogP contribution in [0.3, 0.4) is 0 Å². The predicted octanol–water partition coefficient (Wildman–Crippen LogP) is 2.67. The summed E-state index contributed by atoms with van der Waals surface area (Å²) in [5.74, 6) is 0.993. The second-order valence-electron chi connectivity index (χ2n) is 7.03. The molecule has 1 amide bonds. The Kier molecular flexibility index (Phi) is 5.53. The molecule has 3 aromatic rings. The van der Waals surface area contributed by atoms with Crippen LogP contribution in [0.5, 0.6) is 11.5 Å². The molecule has 8 heteroatoms. The fraction of sp³-hybridized carbons (Fsp3) is 0.381. The van der Waals surface area contributed by atoms with Gasteiger partial charge in [0.15, 0.2) is 11.5 Å². The number of amides is 1. The molecule has 4 rings (SSSR count). The van der Waals surface area contributed by atoms with Crippen LogP contribution in [-0.2, 0) is 30.7 Å². The van der Waals surface area contributed by atoms with E-state index < -0.39 is 0 Å². The highest BCUT2D eigenvalue weighted by atomic mass is 32.1. The zero-order valence-corrected chi connectivity index (χ0v) is 17.3. The van der Waals surface area contributed by atoms with E-state index in [1.54, 1.807) is 31.6 Å². The Morgan fingerprint density at radius 3 is 2.79 bits per heavy atom. The summed E-state index contributed by atoms with van der Waals surface area (Å²) in [6, 6.07) is 5.47. The molecule has 0 atom stereocenters. The van der Waals surface area contributed by atoms with Crippen molar-refractivity contribution in [2.75, 3.05) is 14.2 Å². The van der Waals surface area contributed by atoms with Gasteiger partial charge in [0.25, 0.3) is 5.56 Å². The molecule has 2 aromatic heterocycles. The Balaban J connectivity index is 1.48. The minimum absolute atomic E-state index is 0.0559. The molecule has 0 radical (unpaired) electrons. The van der Waals surface area contributed by atoms with E-state index in [1.165, 1.54) is 15.8 Å². The van der Waals surface area contributed by atoms with E-state index in [0.29, 0.717) is 23.4 Å². The van der Waals surface area contributed by atoms with Crippen molar-refractivity contribution in [2.24, 2.45) is 0 Å². The molecule has 0 spiro atoms. The van der Waals surface area contributed by atoms with Crippen molar-refractivity contribution in [3.05, 3.63) is 50.9 Å². The fourth-order valence-corrected chi connectivity index (χ4v) is 4.92. The van der Waals surface area contributed by atoms with Crippen LogP contribution in [0.2, 0.25) is 0 Å². The lowest BCUT2D eigenvalue weighted by molar-refractivity contribution is -0.121. The summed E-state index contributed by atoms with van der Waals surface area (Å²) in [6.07, 6.45) is 5.66. The largest absolute Gasteiger partial charge is 0.493 e. The molecule has 152 valence electrons. The Morgan fingerprint density at radius 1 is 1.21 bits per heavy atom. The van der Waals surface area contributed by atoms with Crippen LogP contribution in [0.15, 0.2) is 29.3 Å². The van der Waals surface area contributed by atoms with Gasteiger partial charge >= 0.3 is 0 Å². The first kappa shape index (κ1) is 19.4. The molecule has 0 fully saturated rings. The lowest BCUT2D eigenvalue weighted by Crippen LogP contribution is -2.32. The number of ether oxygens (including phenoxy) is 2. The topological polar surface area (TPSA) is 82.5 Å². The number of aromatic nitrogens is 2. The number of hydrogen-bond acceptors (Lipinski definition) is 6. The maximum absolute atomic E-state index is 12.9. The molecule has 1 aliphatic rings. The molecular formula is C21H23N3O4S. The molecule has 7 nitrogen and oxygen atoms in total. The summed E-state index contributed by atoms with van der Waals surface area (Å²) in [7, 11) is 3.14. The van der Waals surface area contributed by atoms with Gasteiger partial charge in [-0.05, 0) is 48.9 Å². The molecule has 1 N–H and O–H groups in total. The van der Waals surface area contributed by atoms with Gasteiger partial charge in [0.1, 0.15) is 11.4 Å². The third kappa shape index (κ3) is 3.85. The standard InChI is InChI=1S/C21H23N3O4S/c1-27-15-8-7-13(9-16(15)28-2)10-22-18(25)11-24-12-23-20-19(21(24)26)14-5-3-4-6-17(14)29-20/h7-9,12H,3-6,10-11H2,1-2H3,(H,22,25). The highest BCUT2D eigenvalue weighted by Gasteiger charge is 2.20. The molecule has 29 heavy (non-hydrogen) atoms. The van der Waals surface area contributed by atoms with E-state index in [2.05, 4.69) is 10.3 Å². The predicted molar refractivity (Wildman–Crippen MR) is 112 cm³/mol. The van der Waals surface area contributed by atoms with Gasteiger partial charge in [-0.15, -0.1) is 11.3 Å². The van der Waals surface area contributed by atoms with Crippen LogP contribution in [0, 0.1) is 0 Å². The maximum Gasteiger partial charge on any atom is 0.262 e. The van der Waals surface area contributed by atoms with E-state index in [9.17, 15) is 9.59 Å². The van der Waals surface area contributed by atoms with Crippen molar-refractivity contribution in [2.45, 2.75) is 38.8 Å². The van der Waals surface area contributed by atoms with E-state index in [-0.39, 0.29) is 18.0 Å². The number of carbonyl (C=O) groups excluding carboxylic acids is 1. The van der Waals surface area contributed by atoms with Gasteiger partial charge in [-0.25, -0.2) is 4.98 Å². The Bertz CT molecular complexity index is 1120. The second kappa shape index (κ2) is 8.24. The van der Waals surface area contributed by atoms with Crippen LogP contribution in [0.25, 0.3) is 10.2 Å². The van der Waals surface area contributed by atoms with Crippen molar-refractivity contribution in [3.63, 3.8) is 0 Å². The van der Waals surface area contributed by atoms with Gasteiger partial charge in [0, 0.05) is 11.4 Å². The lowest BCUT2D eigenvalue weighted by atomic mass is 9.97. The zero-order chi connectivity index (χ0) is 20.4. The van der Waals surface area contributed by atoms with E-state index in [1.807, 2.05) is 12.1 Å². The van der Waals surface area contributed by atoms with Crippen molar-refractivity contribution < 1.29 is 14.3 Å². The van der Waals surface area contributed by atoms with Gasteiger partial charge in [0.2, 0.25) is 5.91 Å². The van der Waals surface area contributed by atoms with E-state index in [0.717, 1.165) is 41.6 Å². The number of thiophene rings is 1. The van der Waals surface area contributed by atoms with E-state index >= 15 is 0 Å². The van der Waals surface area contributed by atoms with Crippen LogP contribution < -0.4 is 20.3 Å². The third-order valence-electron chi connectivity index (χ3n) is 5.19. The smallest absolute Gasteiger partial charge is 0.262 e. The minimum Gasteiger partial charge on any atom is -0.493 e. The first-order valence-electron chi connectivity index (χ1n) is 9.58. The van der Waals surface area contributed by atoms with Crippen LogP contribution in [-0.4, -0.2) is 29.7 Å². The Morgan fingerprint density at radius 2 is 2.00 bits per heavy atom. The van der Waals surface area contributed by atoms with Gasteiger partial charge in [0.05, 0.1) is 25.9 Å². The Hall–Kier alpha value is -2.87. The summed E-state index contributed by atoms with van der Waals surface area (Å²) in [4.78, 5) is 31.9. The average molecular weight is 413 g/mol. The average Bonchev–Trinajstić information content (AvgIpc) is 3.13. The zero-order valence-electron chi connectivity index (χ0n) is 16.5. The monoisotopic (exact) mass is 413 g/mol. The van der Waals surface area contributed by atoms with Crippen LogP contribution >= 0.6 is 11.3 Å². The normalized spacial score (nSPS) is 13.2. The lowest BCUT2D eigenvalue weighted by Gasteiger charge is -2.11. The first-order valence-corrected chi connectivity index (χ1v) is 10.4. The van der Waals surface area contributed by atoms with Crippen molar-refractivity contribution in [1.82, 2.24) is 14.9 Å². The number of nitrogens with zero attached hydrogens (tertiary/aromatic N) is 2. The molecule has 1 aromatic carbocycles. The van der Waals surface area contributed by atoms with Gasteiger partial charge < -0.3 is 14.8 Å². The number of methoxy groups -OCH3 is 2. The second-order valence-corrected chi connectivity index (χ2v) is 8.12. The number of fused-ring (bicyclic) bond motifs is 3. The molecule has 0 saturated heterocycles. The number of benzene rings is 1. The molecule has 0 bridgehead atoms. The number of aryl methyl sites for hydroxylation is 2. The minimum atomic E-state index is -0.243. The van der Waals surface area contributed by atoms with Gasteiger partial charge in [-0.2, -0.15) is 0 Å². The molecule has 2 heterocycles. The molecule has 0 aliphatic heterocycles.